The second-order valence-electron chi connectivity index (χ2n) is 8.59. The third-order valence-electron chi connectivity index (χ3n) is 5.85. The van der Waals surface area contributed by atoms with E-state index in [0.29, 0.717) is 5.57 Å². The van der Waals surface area contributed by atoms with Gasteiger partial charge in [-0.3, -0.25) is 4.79 Å². The minimum atomic E-state index is -1.77. The number of hydrogen-bond acceptors (Lipinski definition) is 9. The van der Waals surface area contributed by atoms with Gasteiger partial charge in [0.1, 0.15) is 35.4 Å². The third kappa shape index (κ3) is 4.78. The van der Waals surface area contributed by atoms with Crippen molar-refractivity contribution in [3.8, 4) is 0 Å². The molecule has 2 aliphatic heterocycles. The van der Waals surface area contributed by atoms with Gasteiger partial charge in [-0.1, -0.05) is 12.2 Å². The molecule has 174 valence electrons. The van der Waals surface area contributed by atoms with E-state index < -0.39 is 41.8 Å². The van der Waals surface area contributed by atoms with Crippen molar-refractivity contribution in [3.05, 3.63) is 47.0 Å². The molecule has 0 saturated carbocycles. The van der Waals surface area contributed by atoms with Crippen molar-refractivity contribution in [3.63, 3.8) is 0 Å². The first-order chi connectivity index (χ1) is 14.9. The fourth-order valence-corrected chi connectivity index (χ4v) is 4.07. The molecule has 0 saturated heterocycles. The van der Waals surface area contributed by atoms with E-state index in [9.17, 15) is 24.6 Å². The summed E-state index contributed by atoms with van der Waals surface area (Å²) >= 11 is 0. The van der Waals surface area contributed by atoms with Crippen molar-refractivity contribution >= 4 is 17.9 Å². The second-order valence-corrected chi connectivity index (χ2v) is 8.59. The zero-order valence-electron chi connectivity index (χ0n) is 18.5. The van der Waals surface area contributed by atoms with E-state index in [0.717, 1.165) is 0 Å². The summed E-state index contributed by atoms with van der Waals surface area (Å²) in [4.78, 5) is 36.6. The van der Waals surface area contributed by atoms with Crippen molar-refractivity contribution in [1.29, 1.82) is 0 Å². The summed E-state index contributed by atoms with van der Waals surface area (Å²) in [5, 5.41) is 21.8. The number of fused-ring (bicyclic) bond motifs is 3. The van der Waals surface area contributed by atoms with Crippen molar-refractivity contribution in [1.82, 2.24) is 0 Å². The quantitative estimate of drug-likeness (QED) is 0.405. The average Bonchev–Trinajstić information content (AvgIpc) is 3.27. The van der Waals surface area contributed by atoms with Crippen LogP contribution in [0.25, 0.3) is 0 Å². The number of furan rings is 1. The number of esters is 3. The summed E-state index contributed by atoms with van der Waals surface area (Å²) in [6.07, 6.45) is -1.56. The maximum atomic E-state index is 12.6. The predicted molar refractivity (Wildman–Crippen MR) is 110 cm³/mol. The monoisotopic (exact) mass is 448 g/mol. The number of aliphatic hydroxyl groups is 2. The summed E-state index contributed by atoms with van der Waals surface area (Å²) in [6, 6.07) is 1.34. The Bertz CT molecular complexity index is 968. The highest BCUT2D eigenvalue weighted by molar-refractivity contribution is 5.92. The van der Waals surface area contributed by atoms with Crippen LogP contribution in [0, 0.1) is 5.92 Å². The number of ether oxygens (including phenoxy) is 3. The lowest BCUT2D eigenvalue weighted by Gasteiger charge is -2.29. The maximum Gasteiger partial charge on any atom is 0.341 e. The Balaban J connectivity index is 2.13. The fourth-order valence-electron chi connectivity index (χ4n) is 4.07. The van der Waals surface area contributed by atoms with E-state index in [1.807, 2.05) is 0 Å². The van der Waals surface area contributed by atoms with Gasteiger partial charge in [0.2, 0.25) is 0 Å². The van der Waals surface area contributed by atoms with Gasteiger partial charge in [0.15, 0.2) is 0 Å². The summed E-state index contributed by atoms with van der Waals surface area (Å²) in [7, 11) is 1.23. The highest BCUT2D eigenvalue weighted by Crippen LogP contribution is 2.38. The van der Waals surface area contributed by atoms with Crippen molar-refractivity contribution in [2.75, 3.05) is 7.11 Å². The van der Waals surface area contributed by atoms with E-state index in [1.54, 1.807) is 6.92 Å². The molecule has 2 aliphatic rings. The lowest BCUT2D eigenvalue weighted by atomic mass is 9.86. The Morgan fingerprint density at radius 1 is 1.31 bits per heavy atom. The van der Waals surface area contributed by atoms with E-state index >= 15 is 0 Å². The number of carbonyl (C=O) groups excluding carboxylic acids is 3. The van der Waals surface area contributed by atoms with Crippen molar-refractivity contribution < 1.29 is 43.2 Å². The Labute approximate surface area is 185 Å². The van der Waals surface area contributed by atoms with Gasteiger partial charge in [-0.2, -0.15) is 0 Å². The standard InChI is InChI=1S/C23H28O9/c1-11(2)13-6-17(30-12(3)24)15-8-14(31-22(15)27)10-23(4,28)20(25)19-9-16(21(26)29-5)18(7-13)32-19/h8-9,13-14,17,20,25,28H,1,6-7,10H2,2-5H3/t13-,14-,17+,20-,23-/m0/s1. The number of carbonyl (C=O) groups is 3. The molecular formula is C23H28O9. The zero-order valence-corrected chi connectivity index (χ0v) is 18.5. The smallest absolute Gasteiger partial charge is 0.341 e. The first kappa shape index (κ1) is 23.7. The maximum absolute atomic E-state index is 12.6. The Morgan fingerprint density at radius 3 is 2.59 bits per heavy atom. The summed E-state index contributed by atoms with van der Waals surface area (Å²) in [5.74, 6) is -2.03. The first-order valence-electron chi connectivity index (χ1n) is 10.3. The molecule has 9 nitrogen and oxygen atoms in total. The molecular weight excluding hydrogens is 420 g/mol. The molecule has 9 heteroatoms. The minimum absolute atomic E-state index is 0.0184. The zero-order chi connectivity index (χ0) is 23.8. The molecule has 3 heterocycles. The van der Waals surface area contributed by atoms with Gasteiger partial charge in [0.05, 0.1) is 18.3 Å². The molecule has 0 aromatic carbocycles. The first-order valence-corrected chi connectivity index (χ1v) is 10.3. The topological polar surface area (TPSA) is 132 Å². The Kier molecular flexibility index (Phi) is 6.61. The van der Waals surface area contributed by atoms with Crippen LogP contribution in [0.5, 0.6) is 0 Å². The van der Waals surface area contributed by atoms with Crippen LogP contribution in [-0.2, 0) is 30.2 Å². The van der Waals surface area contributed by atoms with Crippen LogP contribution in [0.4, 0.5) is 0 Å². The second kappa shape index (κ2) is 8.91. The van der Waals surface area contributed by atoms with Crippen molar-refractivity contribution in [2.45, 2.75) is 63.9 Å². The van der Waals surface area contributed by atoms with Crippen LogP contribution in [-0.4, -0.2) is 53.0 Å². The van der Waals surface area contributed by atoms with Crippen LogP contribution in [0.3, 0.4) is 0 Å². The van der Waals surface area contributed by atoms with Crippen LogP contribution in [0.1, 0.15) is 61.6 Å². The third-order valence-corrected chi connectivity index (χ3v) is 5.85. The number of rotatable bonds is 3. The van der Waals surface area contributed by atoms with Gasteiger partial charge >= 0.3 is 17.9 Å². The summed E-state index contributed by atoms with van der Waals surface area (Å²) in [6.45, 7) is 8.38. The molecule has 0 radical (unpaired) electrons. The highest BCUT2D eigenvalue weighted by Gasteiger charge is 2.42. The molecule has 1 aromatic rings. The molecule has 0 amide bonds. The van der Waals surface area contributed by atoms with Gasteiger partial charge in [-0.25, -0.2) is 9.59 Å². The van der Waals surface area contributed by atoms with Gasteiger partial charge in [0.25, 0.3) is 0 Å². The largest absolute Gasteiger partial charge is 0.465 e. The number of hydrogen-bond donors (Lipinski definition) is 2. The Hall–Kier alpha value is -2.91. The van der Waals surface area contributed by atoms with Crippen LogP contribution in [0.15, 0.2) is 34.3 Å². The fraction of sp³-hybridized carbons (Fsp3) is 0.522. The number of allylic oxidation sites excluding steroid dienone is 1. The Morgan fingerprint density at radius 2 is 2.00 bits per heavy atom. The van der Waals surface area contributed by atoms with E-state index in [4.69, 9.17) is 18.6 Å². The van der Waals surface area contributed by atoms with Crippen LogP contribution >= 0.6 is 0 Å². The van der Waals surface area contributed by atoms with E-state index in [1.165, 1.54) is 33.1 Å². The lowest BCUT2D eigenvalue weighted by molar-refractivity contribution is -0.149. The van der Waals surface area contributed by atoms with E-state index in [-0.39, 0.29) is 47.8 Å². The number of methoxy groups -OCH3 is 1. The molecule has 1 aromatic heterocycles. The number of aliphatic hydroxyl groups excluding tert-OH is 1. The average molecular weight is 448 g/mol. The molecule has 0 spiro atoms. The molecule has 0 fully saturated rings. The molecule has 4 bridgehead atoms. The molecule has 0 aliphatic carbocycles. The molecule has 3 rings (SSSR count). The SMILES string of the molecule is C=C(C)[C@@H]1Cc2oc(cc2C(=O)OC)[C@H](O)[C@@](C)(O)C[C@@H]2C=C(C(=O)O2)[C@H](OC(C)=O)C1. The lowest BCUT2D eigenvalue weighted by Crippen LogP contribution is -2.36. The predicted octanol–water partition coefficient (Wildman–Crippen LogP) is 2.16. The van der Waals surface area contributed by atoms with Crippen molar-refractivity contribution in [2.24, 2.45) is 5.92 Å². The van der Waals surface area contributed by atoms with Gasteiger partial charge < -0.3 is 28.8 Å². The molecule has 2 N–H and O–H groups in total. The van der Waals surface area contributed by atoms with Gasteiger partial charge in [0, 0.05) is 19.8 Å². The van der Waals surface area contributed by atoms with Crippen LogP contribution < -0.4 is 0 Å². The van der Waals surface area contributed by atoms with Gasteiger partial charge in [-0.15, -0.1) is 0 Å². The molecule has 0 unspecified atom stereocenters. The molecule has 32 heavy (non-hydrogen) atoms. The summed E-state index contributed by atoms with van der Waals surface area (Å²) in [5.41, 5.74) is -0.785. The minimum Gasteiger partial charge on any atom is -0.465 e. The molecule has 5 atom stereocenters. The van der Waals surface area contributed by atoms with E-state index in [2.05, 4.69) is 6.58 Å². The highest BCUT2D eigenvalue weighted by atomic mass is 16.6. The summed E-state index contributed by atoms with van der Waals surface area (Å²) < 4.78 is 21.4. The normalized spacial score (nSPS) is 30.2. The van der Waals surface area contributed by atoms with Gasteiger partial charge in [-0.05, 0) is 38.3 Å². The van der Waals surface area contributed by atoms with Crippen LogP contribution in [0.2, 0.25) is 0 Å².